The van der Waals surface area contributed by atoms with Gasteiger partial charge in [-0.2, -0.15) is 0 Å². The highest BCUT2D eigenvalue weighted by Gasteiger charge is 2.28. The molecule has 0 saturated heterocycles. The molecular formula is C18H16N2O6. The van der Waals surface area contributed by atoms with Crippen molar-refractivity contribution in [3.63, 3.8) is 0 Å². The summed E-state index contributed by atoms with van der Waals surface area (Å²) in [7, 11) is 1.49. The summed E-state index contributed by atoms with van der Waals surface area (Å²) >= 11 is 0. The van der Waals surface area contributed by atoms with Gasteiger partial charge in [0.15, 0.2) is 6.61 Å². The number of anilines is 2. The fourth-order valence-corrected chi connectivity index (χ4v) is 2.59. The van der Waals surface area contributed by atoms with Crippen molar-refractivity contribution < 1.29 is 29.0 Å². The van der Waals surface area contributed by atoms with E-state index in [1.54, 1.807) is 24.3 Å². The van der Waals surface area contributed by atoms with Gasteiger partial charge in [-0.05, 0) is 30.3 Å². The molecule has 2 aromatic rings. The van der Waals surface area contributed by atoms with Crippen molar-refractivity contribution in [2.75, 3.05) is 30.5 Å². The van der Waals surface area contributed by atoms with E-state index in [1.165, 1.54) is 30.2 Å². The van der Waals surface area contributed by atoms with Gasteiger partial charge >= 0.3 is 5.97 Å². The molecule has 0 unspecified atom stereocenters. The highest BCUT2D eigenvalue weighted by molar-refractivity contribution is 6.05. The maximum absolute atomic E-state index is 12.4. The van der Waals surface area contributed by atoms with Gasteiger partial charge in [0.05, 0.1) is 24.0 Å². The third kappa shape index (κ3) is 3.44. The molecular weight excluding hydrogens is 340 g/mol. The van der Waals surface area contributed by atoms with Crippen LogP contribution in [0.5, 0.6) is 11.5 Å². The summed E-state index contributed by atoms with van der Waals surface area (Å²) in [5.74, 6) is -1.17. The normalized spacial score (nSPS) is 12.8. The van der Waals surface area contributed by atoms with Gasteiger partial charge in [-0.25, -0.2) is 4.79 Å². The standard InChI is InChI=1S/C18H16N2O6/c1-25-14-5-3-2-4-12(14)19-16(21)9-20-13-7-6-11(18(23)24)8-15(13)26-10-17(20)22/h2-8H,9-10H2,1H3,(H,19,21)(H,23,24). The number of carboxylic acids is 1. The van der Waals surface area contributed by atoms with Crippen molar-refractivity contribution in [3.8, 4) is 11.5 Å². The summed E-state index contributed by atoms with van der Waals surface area (Å²) in [5, 5.41) is 11.7. The lowest BCUT2D eigenvalue weighted by molar-refractivity contribution is -0.123. The number of carbonyl (C=O) groups excluding carboxylic acids is 2. The third-order valence-electron chi connectivity index (χ3n) is 3.83. The third-order valence-corrected chi connectivity index (χ3v) is 3.83. The molecule has 0 fully saturated rings. The van der Waals surface area contributed by atoms with Gasteiger partial charge in [0.25, 0.3) is 5.91 Å². The first-order chi connectivity index (χ1) is 12.5. The molecule has 2 aromatic carbocycles. The Morgan fingerprint density at radius 3 is 2.77 bits per heavy atom. The average molecular weight is 356 g/mol. The molecule has 0 saturated carbocycles. The molecule has 1 aliphatic rings. The number of rotatable bonds is 5. The Hall–Kier alpha value is -3.55. The van der Waals surface area contributed by atoms with Gasteiger partial charge in [0.2, 0.25) is 5.91 Å². The summed E-state index contributed by atoms with van der Waals surface area (Å²) in [6, 6.07) is 11.1. The molecule has 2 amide bonds. The number of ether oxygens (including phenoxy) is 2. The van der Waals surface area contributed by atoms with Crippen LogP contribution in [-0.4, -0.2) is 43.2 Å². The molecule has 1 aliphatic heterocycles. The Kier molecular flexibility index (Phi) is 4.74. The predicted octanol–water partition coefficient (Wildman–Crippen LogP) is 1.76. The summed E-state index contributed by atoms with van der Waals surface area (Å²) < 4.78 is 10.5. The first-order valence-corrected chi connectivity index (χ1v) is 7.73. The van der Waals surface area contributed by atoms with Crippen molar-refractivity contribution in [2.45, 2.75) is 0 Å². The number of nitrogens with one attached hydrogen (secondary N) is 1. The van der Waals surface area contributed by atoms with Gasteiger partial charge in [-0.15, -0.1) is 0 Å². The Morgan fingerprint density at radius 1 is 1.27 bits per heavy atom. The van der Waals surface area contributed by atoms with Crippen LogP contribution in [0.15, 0.2) is 42.5 Å². The van der Waals surface area contributed by atoms with Gasteiger partial charge in [-0.3, -0.25) is 14.5 Å². The lowest BCUT2D eigenvalue weighted by atomic mass is 10.1. The quantitative estimate of drug-likeness (QED) is 0.846. The SMILES string of the molecule is COc1ccccc1NC(=O)CN1C(=O)COc2cc(C(=O)O)ccc21. The van der Waals surface area contributed by atoms with E-state index >= 15 is 0 Å². The van der Waals surface area contributed by atoms with Gasteiger partial charge in [0.1, 0.15) is 18.0 Å². The molecule has 134 valence electrons. The molecule has 0 radical (unpaired) electrons. The Labute approximate surface area is 148 Å². The second kappa shape index (κ2) is 7.14. The second-order valence-electron chi connectivity index (χ2n) is 5.50. The summed E-state index contributed by atoms with van der Waals surface area (Å²) in [5.41, 5.74) is 0.875. The smallest absolute Gasteiger partial charge is 0.335 e. The summed E-state index contributed by atoms with van der Waals surface area (Å²) in [6.45, 7) is -0.502. The minimum Gasteiger partial charge on any atom is -0.495 e. The van der Waals surface area contributed by atoms with E-state index < -0.39 is 17.8 Å². The first-order valence-electron chi connectivity index (χ1n) is 7.73. The molecule has 2 N–H and O–H groups in total. The topological polar surface area (TPSA) is 105 Å². The zero-order valence-corrected chi connectivity index (χ0v) is 13.9. The molecule has 0 aliphatic carbocycles. The van der Waals surface area contributed by atoms with Crippen molar-refractivity contribution in [3.05, 3.63) is 48.0 Å². The Bertz CT molecular complexity index is 880. The number of amides is 2. The number of hydrogen-bond donors (Lipinski definition) is 2. The van der Waals surface area contributed by atoms with Crippen molar-refractivity contribution in [1.29, 1.82) is 0 Å². The van der Waals surface area contributed by atoms with E-state index in [4.69, 9.17) is 14.6 Å². The zero-order chi connectivity index (χ0) is 18.7. The molecule has 0 bridgehead atoms. The number of benzene rings is 2. The van der Waals surface area contributed by atoms with Crippen LogP contribution in [0, 0.1) is 0 Å². The number of fused-ring (bicyclic) bond motifs is 1. The number of para-hydroxylation sites is 2. The Balaban J connectivity index is 1.80. The van der Waals surface area contributed by atoms with E-state index in [-0.39, 0.29) is 24.5 Å². The zero-order valence-electron chi connectivity index (χ0n) is 13.9. The van der Waals surface area contributed by atoms with Crippen LogP contribution in [0.3, 0.4) is 0 Å². The van der Waals surface area contributed by atoms with Gasteiger partial charge in [0, 0.05) is 0 Å². The Morgan fingerprint density at radius 2 is 2.04 bits per heavy atom. The van der Waals surface area contributed by atoms with E-state index in [0.717, 1.165) is 0 Å². The fraction of sp³-hybridized carbons (Fsp3) is 0.167. The van der Waals surface area contributed by atoms with E-state index in [0.29, 0.717) is 17.1 Å². The van der Waals surface area contributed by atoms with E-state index in [1.807, 2.05) is 0 Å². The largest absolute Gasteiger partial charge is 0.495 e. The van der Waals surface area contributed by atoms with Gasteiger partial charge in [-0.1, -0.05) is 12.1 Å². The molecule has 3 rings (SSSR count). The van der Waals surface area contributed by atoms with Crippen LogP contribution in [0.25, 0.3) is 0 Å². The number of hydrogen-bond acceptors (Lipinski definition) is 5. The predicted molar refractivity (Wildman–Crippen MR) is 92.9 cm³/mol. The lowest BCUT2D eigenvalue weighted by Crippen LogP contribution is -2.43. The molecule has 0 spiro atoms. The minimum absolute atomic E-state index is 0.0384. The van der Waals surface area contributed by atoms with Crippen molar-refractivity contribution in [2.24, 2.45) is 0 Å². The highest BCUT2D eigenvalue weighted by Crippen LogP contribution is 2.33. The highest BCUT2D eigenvalue weighted by atomic mass is 16.5. The van der Waals surface area contributed by atoms with Crippen LogP contribution in [-0.2, 0) is 9.59 Å². The lowest BCUT2D eigenvalue weighted by Gasteiger charge is -2.29. The van der Waals surface area contributed by atoms with Crippen molar-refractivity contribution in [1.82, 2.24) is 0 Å². The fourth-order valence-electron chi connectivity index (χ4n) is 2.59. The minimum atomic E-state index is -1.10. The van der Waals surface area contributed by atoms with E-state index in [9.17, 15) is 14.4 Å². The van der Waals surface area contributed by atoms with E-state index in [2.05, 4.69) is 5.32 Å². The number of carbonyl (C=O) groups is 3. The molecule has 26 heavy (non-hydrogen) atoms. The molecule has 0 atom stereocenters. The number of methoxy groups -OCH3 is 1. The van der Waals surface area contributed by atoms with Crippen LogP contribution >= 0.6 is 0 Å². The van der Waals surface area contributed by atoms with Crippen LogP contribution < -0.4 is 19.7 Å². The molecule has 8 heteroatoms. The average Bonchev–Trinajstić information content (AvgIpc) is 2.64. The number of nitrogens with zero attached hydrogens (tertiary/aromatic N) is 1. The summed E-state index contributed by atoms with van der Waals surface area (Å²) in [6.07, 6.45) is 0. The first kappa shape index (κ1) is 17.3. The number of carboxylic acid groups (broad SMARTS) is 1. The maximum atomic E-state index is 12.4. The molecule has 1 heterocycles. The number of aromatic carboxylic acids is 1. The van der Waals surface area contributed by atoms with Crippen LogP contribution in [0.2, 0.25) is 0 Å². The van der Waals surface area contributed by atoms with Crippen molar-refractivity contribution >= 4 is 29.2 Å². The van der Waals surface area contributed by atoms with Crippen LogP contribution in [0.4, 0.5) is 11.4 Å². The second-order valence-corrected chi connectivity index (χ2v) is 5.50. The van der Waals surface area contributed by atoms with Crippen LogP contribution in [0.1, 0.15) is 10.4 Å². The summed E-state index contributed by atoms with van der Waals surface area (Å²) in [4.78, 5) is 36.9. The van der Waals surface area contributed by atoms with Gasteiger partial charge < -0.3 is 19.9 Å². The monoisotopic (exact) mass is 356 g/mol. The molecule has 0 aromatic heterocycles. The maximum Gasteiger partial charge on any atom is 0.335 e. The molecule has 8 nitrogen and oxygen atoms in total.